The number of amides is 1. The minimum atomic E-state index is -3.77. The quantitative estimate of drug-likeness (QED) is 0.761. The topological polar surface area (TPSA) is 113 Å². The molecule has 8 nitrogen and oxygen atoms in total. The molecular weight excluding hydrogens is 360 g/mol. The summed E-state index contributed by atoms with van der Waals surface area (Å²) in [4.78, 5) is 23.5. The van der Waals surface area contributed by atoms with Gasteiger partial charge in [-0.15, -0.1) is 0 Å². The van der Waals surface area contributed by atoms with Gasteiger partial charge in [0.2, 0.25) is 0 Å². The molecule has 0 saturated heterocycles. The molecule has 9 heteroatoms. The fourth-order valence-electron chi connectivity index (χ4n) is 2.00. The highest BCUT2D eigenvalue weighted by Crippen LogP contribution is 2.15. The average molecular weight is 378 g/mol. The van der Waals surface area contributed by atoms with Crippen molar-refractivity contribution >= 4 is 27.9 Å². The molecule has 0 bridgehead atoms. The summed E-state index contributed by atoms with van der Waals surface area (Å²) in [6.07, 6.45) is 0. The van der Waals surface area contributed by atoms with Gasteiger partial charge in [0, 0.05) is 19.8 Å². The van der Waals surface area contributed by atoms with Gasteiger partial charge in [-0.2, -0.15) is 12.7 Å². The first-order chi connectivity index (χ1) is 12.2. The predicted molar refractivity (Wildman–Crippen MR) is 95.2 cm³/mol. The predicted octanol–water partition coefficient (Wildman–Crippen LogP) is 1.96. The van der Waals surface area contributed by atoms with Crippen molar-refractivity contribution in [2.75, 3.05) is 19.4 Å². The molecule has 2 rings (SSSR count). The summed E-state index contributed by atoms with van der Waals surface area (Å²) >= 11 is 0. The summed E-state index contributed by atoms with van der Waals surface area (Å²) in [5.74, 6) is -1.74. The number of anilines is 1. The van der Waals surface area contributed by atoms with Crippen molar-refractivity contribution in [1.82, 2.24) is 4.31 Å². The molecule has 0 heterocycles. The number of rotatable bonds is 7. The van der Waals surface area contributed by atoms with Gasteiger partial charge in [0.05, 0.1) is 17.7 Å². The Labute approximate surface area is 151 Å². The summed E-state index contributed by atoms with van der Waals surface area (Å²) < 4.78 is 28.9. The lowest BCUT2D eigenvalue weighted by Gasteiger charge is -2.11. The molecule has 0 spiro atoms. The van der Waals surface area contributed by atoms with Gasteiger partial charge in [-0.1, -0.05) is 24.3 Å². The first kappa shape index (κ1) is 19.6. The Morgan fingerprint density at radius 1 is 1.04 bits per heavy atom. The van der Waals surface area contributed by atoms with Gasteiger partial charge < -0.3 is 10.4 Å². The zero-order valence-corrected chi connectivity index (χ0v) is 15.0. The number of nitrogens with one attached hydrogen (secondary N) is 1. The molecule has 26 heavy (non-hydrogen) atoms. The van der Waals surface area contributed by atoms with Crippen molar-refractivity contribution in [3.05, 3.63) is 65.2 Å². The second-order valence-electron chi connectivity index (χ2n) is 5.50. The second-order valence-corrected chi connectivity index (χ2v) is 7.33. The van der Waals surface area contributed by atoms with Gasteiger partial charge in [-0.05, 0) is 29.8 Å². The van der Waals surface area contributed by atoms with Crippen LogP contribution < -0.4 is 5.32 Å². The lowest BCUT2D eigenvalue weighted by Crippen LogP contribution is -2.24. The number of carbonyl (C=O) groups excluding carboxylic acids is 1. The molecular formula is C17H18N2O6S. The normalized spacial score (nSPS) is 11.3. The smallest absolute Gasteiger partial charge is 0.338 e. The minimum absolute atomic E-state index is 0.0458. The monoisotopic (exact) mass is 378 g/mol. The summed E-state index contributed by atoms with van der Waals surface area (Å²) in [5.41, 5.74) is 0.988. The Morgan fingerprint density at radius 2 is 1.62 bits per heavy atom. The molecule has 0 aromatic heterocycles. The van der Waals surface area contributed by atoms with Crippen LogP contribution in [-0.4, -0.2) is 43.8 Å². The van der Waals surface area contributed by atoms with Crippen molar-refractivity contribution in [3.8, 4) is 0 Å². The number of hydrogen-bond donors (Lipinski definition) is 2. The molecule has 0 saturated carbocycles. The molecule has 0 aliphatic rings. The van der Waals surface area contributed by atoms with Crippen LogP contribution in [0.2, 0.25) is 0 Å². The fourth-order valence-corrected chi connectivity index (χ4v) is 2.49. The second kappa shape index (κ2) is 8.09. The van der Waals surface area contributed by atoms with Crippen molar-refractivity contribution < 1.29 is 27.3 Å². The zero-order valence-electron chi connectivity index (χ0n) is 14.2. The van der Waals surface area contributed by atoms with Crippen LogP contribution in [0.4, 0.5) is 5.69 Å². The third-order valence-electron chi connectivity index (χ3n) is 3.44. The Balaban J connectivity index is 2.06. The highest BCUT2D eigenvalue weighted by atomic mass is 32.2. The van der Waals surface area contributed by atoms with E-state index in [9.17, 15) is 18.0 Å². The van der Waals surface area contributed by atoms with Crippen LogP contribution in [0, 0.1) is 0 Å². The van der Waals surface area contributed by atoms with Gasteiger partial charge in [0.15, 0.2) is 0 Å². The minimum Gasteiger partial charge on any atom is -0.478 e. The van der Waals surface area contributed by atoms with Crippen LogP contribution in [0.5, 0.6) is 0 Å². The molecule has 2 aromatic carbocycles. The Kier molecular flexibility index (Phi) is 6.09. The number of carboxylic acid groups (broad SMARTS) is 1. The van der Waals surface area contributed by atoms with Crippen molar-refractivity contribution in [2.45, 2.75) is 6.61 Å². The summed E-state index contributed by atoms with van der Waals surface area (Å²) in [6, 6.07) is 12.2. The van der Waals surface area contributed by atoms with Crippen LogP contribution in [-0.2, 0) is 21.1 Å². The number of carboxylic acids is 1. The molecule has 1 amide bonds. The number of hydrogen-bond acceptors (Lipinski definition) is 5. The molecule has 2 aromatic rings. The van der Waals surface area contributed by atoms with E-state index >= 15 is 0 Å². The molecule has 0 aliphatic carbocycles. The summed E-state index contributed by atoms with van der Waals surface area (Å²) in [6.45, 7) is -0.142. The van der Waals surface area contributed by atoms with Crippen LogP contribution >= 0.6 is 0 Å². The van der Waals surface area contributed by atoms with E-state index in [1.807, 2.05) is 0 Å². The highest BCUT2D eigenvalue weighted by Gasteiger charge is 2.16. The molecule has 0 unspecified atom stereocenters. The number of nitrogens with zero attached hydrogens (tertiary/aromatic N) is 1. The molecule has 0 atom stereocenters. The van der Waals surface area contributed by atoms with E-state index in [1.165, 1.54) is 32.3 Å². The van der Waals surface area contributed by atoms with Gasteiger partial charge in [-0.3, -0.25) is 8.98 Å². The lowest BCUT2D eigenvalue weighted by atomic mass is 10.1. The third kappa shape index (κ3) is 4.88. The highest BCUT2D eigenvalue weighted by molar-refractivity contribution is 7.84. The zero-order chi connectivity index (χ0) is 19.3. The maximum atomic E-state index is 12.3. The number of benzene rings is 2. The maximum Gasteiger partial charge on any atom is 0.338 e. The van der Waals surface area contributed by atoms with Gasteiger partial charge in [0.1, 0.15) is 0 Å². The van der Waals surface area contributed by atoms with Gasteiger partial charge in [0.25, 0.3) is 5.91 Å². The van der Waals surface area contributed by atoms with Crippen molar-refractivity contribution in [2.24, 2.45) is 0 Å². The SMILES string of the molecule is CN(C)S(=O)(=O)OCc1ccc(NC(=O)c2ccccc2C(=O)O)cc1. The maximum absolute atomic E-state index is 12.3. The van der Waals surface area contributed by atoms with E-state index in [-0.39, 0.29) is 17.7 Å². The Hall–Kier alpha value is -2.75. The molecule has 2 N–H and O–H groups in total. The Morgan fingerprint density at radius 3 is 2.15 bits per heavy atom. The van der Waals surface area contributed by atoms with E-state index in [2.05, 4.69) is 5.32 Å². The van der Waals surface area contributed by atoms with E-state index in [0.29, 0.717) is 11.3 Å². The molecule has 138 valence electrons. The largest absolute Gasteiger partial charge is 0.478 e. The third-order valence-corrected chi connectivity index (χ3v) is 4.75. The standard InChI is InChI=1S/C17H18N2O6S/c1-19(2)26(23,24)25-11-12-7-9-13(10-8-12)18-16(20)14-5-3-4-6-15(14)17(21)22/h3-10H,11H2,1-2H3,(H,18,20)(H,21,22). The number of aromatic carboxylic acids is 1. The van der Waals surface area contributed by atoms with Gasteiger partial charge >= 0.3 is 16.3 Å². The van der Waals surface area contributed by atoms with Crippen molar-refractivity contribution in [3.63, 3.8) is 0 Å². The van der Waals surface area contributed by atoms with Crippen LogP contribution in [0.25, 0.3) is 0 Å². The average Bonchev–Trinajstić information content (AvgIpc) is 2.61. The van der Waals surface area contributed by atoms with Crippen LogP contribution in [0.1, 0.15) is 26.3 Å². The lowest BCUT2D eigenvalue weighted by molar-refractivity contribution is 0.0692. The first-order valence-corrected chi connectivity index (χ1v) is 8.86. The Bertz CT molecular complexity index is 907. The van der Waals surface area contributed by atoms with E-state index in [4.69, 9.17) is 9.29 Å². The van der Waals surface area contributed by atoms with E-state index < -0.39 is 22.2 Å². The summed E-state index contributed by atoms with van der Waals surface area (Å²) in [5, 5.41) is 11.7. The van der Waals surface area contributed by atoms with E-state index in [1.54, 1.807) is 30.3 Å². The van der Waals surface area contributed by atoms with Gasteiger partial charge in [-0.25, -0.2) is 4.79 Å². The molecule has 0 aliphatic heterocycles. The molecule has 0 radical (unpaired) electrons. The number of carbonyl (C=O) groups is 2. The fraction of sp³-hybridized carbons (Fsp3) is 0.176. The van der Waals surface area contributed by atoms with Crippen LogP contribution in [0.15, 0.2) is 48.5 Å². The van der Waals surface area contributed by atoms with Crippen molar-refractivity contribution in [1.29, 1.82) is 0 Å². The van der Waals surface area contributed by atoms with Crippen LogP contribution in [0.3, 0.4) is 0 Å². The van der Waals surface area contributed by atoms with E-state index in [0.717, 1.165) is 4.31 Å². The first-order valence-electron chi connectivity index (χ1n) is 7.50. The molecule has 0 fully saturated rings. The summed E-state index contributed by atoms with van der Waals surface area (Å²) in [7, 11) is -1.04.